The normalized spacial score (nSPS) is 10.3. The van der Waals surface area contributed by atoms with Gasteiger partial charge in [0.25, 0.3) is 5.91 Å². The van der Waals surface area contributed by atoms with Gasteiger partial charge in [0.15, 0.2) is 0 Å². The summed E-state index contributed by atoms with van der Waals surface area (Å²) in [6, 6.07) is 5.48. The lowest BCUT2D eigenvalue weighted by molar-refractivity contribution is 0.102. The van der Waals surface area contributed by atoms with Crippen LogP contribution in [0.15, 0.2) is 30.3 Å². The summed E-state index contributed by atoms with van der Waals surface area (Å²) in [5.41, 5.74) is -0.0496. The summed E-state index contributed by atoms with van der Waals surface area (Å²) in [4.78, 5) is 12.0. The van der Waals surface area contributed by atoms with Crippen molar-refractivity contribution in [2.75, 3.05) is 5.32 Å². The van der Waals surface area contributed by atoms with E-state index in [0.717, 1.165) is 18.2 Å². The van der Waals surface area contributed by atoms with Gasteiger partial charge in [-0.15, -0.1) is 0 Å². The van der Waals surface area contributed by atoms with Crippen LogP contribution in [-0.4, -0.2) is 16.1 Å². The number of nitrogens with one attached hydrogen (secondary N) is 1. The molecule has 2 aromatic rings. The second-order valence-electron chi connectivity index (χ2n) is 3.90. The molecule has 0 aromatic heterocycles. The molecule has 7 heteroatoms. The molecule has 0 fully saturated rings. The number of rotatable bonds is 2. The highest BCUT2D eigenvalue weighted by Gasteiger charge is 2.16. The monoisotopic (exact) mass is 315 g/mol. The fourth-order valence-corrected chi connectivity index (χ4v) is 2.11. The lowest BCUT2D eigenvalue weighted by atomic mass is 10.1. The van der Waals surface area contributed by atoms with Gasteiger partial charge < -0.3 is 15.5 Å². The molecule has 0 atom stereocenters. The first-order valence-electron chi connectivity index (χ1n) is 5.36. The van der Waals surface area contributed by atoms with Crippen LogP contribution in [0, 0.1) is 5.82 Å². The van der Waals surface area contributed by atoms with Crippen molar-refractivity contribution < 1.29 is 19.4 Å². The average Bonchev–Trinajstić information content (AvgIpc) is 2.33. The Balaban J connectivity index is 2.33. The van der Waals surface area contributed by atoms with Crippen LogP contribution in [0.3, 0.4) is 0 Å². The Kier molecular flexibility index (Phi) is 4.01. The van der Waals surface area contributed by atoms with Crippen LogP contribution >= 0.6 is 23.2 Å². The predicted octanol–water partition coefficient (Wildman–Crippen LogP) is 3.80. The van der Waals surface area contributed by atoms with Crippen LogP contribution in [0.1, 0.15) is 10.4 Å². The number of carbonyl (C=O) groups is 1. The van der Waals surface area contributed by atoms with Crippen LogP contribution in [0.2, 0.25) is 10.0 Å². The number of phenolic OH excluding ortho intramolecular Hbond substituents is 2. The molecule has 2 rings (SSSR count). The van der Waals surface area contributed by atoms with Gasteiger partial charge in [0.05, 0.1) is 21.3 Å². The third-order valence-corrected chi connectivity index (χ3v) is 3.07. The summed E-state index contributed by atoms with van der Waals surface area (Å²) in [6.45, 7) is 0. The molecule has 0 radical (unpaired) electrons. The summed E-state index contributed by atoms with van der Waals surface area (Å²) in [5.74, 6) is -1.92. The first-order valence-corrected chi connectivity index (χ1v) is 6.12. The molecular weight excluding hydrogens is 308 g/mol. The maximum atomic E-state index is 13.0. The predicted molar refractivity (Wildman–Crippen MR) is 74.1 cm³/mol. The van der Waals surface area contributed by atoms with Gasteiger partial charge in [-0.25, -0.2) is 4.39 Å². The molecule has 0 heterocycles. The molecule has 0 bridgehead atoms. The van der Waals surface area contributed by atoms with E-state index in [1.165, 1.54) is 12.1 Å². The molecule has 4 nitrogen and oxygen atoms in total. The molecule has 0 unspecified atom stereocenters. The summed E-state index contributed by atoms with van der Waals surface area (Å²) in [6.07, 6.45) is 0. The van der Waals surface area contributed by atoms with E-state index in [9.17, 15) is 14.3 Å². The topological polar surface area (TPSA) is 69.6 Å². The minimum atomic E-state index is -0.696. The fraction of sp³-hybridized carbons (Fsp3) is 0. The van der Waals surface area contributed by atoms with Gasteiger partial charge in [-0.05, 0) is 24.3 Å². The highest BCUT2D eigenvalue weighted by molar-refractivity contribution is 6.40. The zero-order valence-electron chi connectivity index (χ0n) is 9.82. The second-order valence-corrected chi connectivity index (χ2v) is 4.71. The van der Waals surface area contributed by atoms with Crippen molar-refractivity contribution in [3.63, 3.8) is 0 Å². The second kappa shape index (κ2) is 5.56. The molecule has 104 valence electrons. The Morgan fingerprint density at radius 3 is 2.25 bits per heavy atom. The van der Waals surface area contributed by atoms with E-state index >= 15 is 0 Å². The molecule has 0 aliphatic carbocycles. The van der Waals surface area contributed by atoms with Crippen LogP contribution in [0.4, 0.5) is 10.1 Å². The van der Waals surface area contributed by atoms with Crippen molar-refractivity contribution in [3.05, 3.63) is 51.8 Å². The van der Waals surface area contributed by atoms with E-state index in [4.69, 9.17) is 28.3 Å². The van der Waals surface area contributed by atoms with Gasteiger partial charge in [-0.2, -0.15) is 0 Å². The van der Waals surface area contributed by atoms with E-state index in [1.54, 1.807) is 0 Å². The molecule has 2 aromatic carbocycles. The number of anilines is 1. The van der Waals surface area contributed by atoms with Crippen LogP contribution < -0.4 is 5.32 Å². The Bertz CT molecular complexity index is 668. The number of hydrogen-bond acceptors (Lipinski definition) is 3. The minimum Gasteiger partial charge on any atom is -0.508 e. The molecule has 0 saturated heterocycles. The SMILES string of the molecule is O=C(Nc1c(Cl)cc(F)cc1Cl)c1ccc(O)cc1O. The number of carbonyl (C=O) groups excluding carboxylic acids is 1. The molecule has 1 amide bonds. The largest absolute Gasteiger partial charge is 0.508 e. The highest BCUT2D eigenvalue weighted by Crippen LogP contribution is 2.32. The zero-order chi connectivity index (χ0) is 14.9. The first-order chi connectivity index (χ1) is 9.38. The number of phenols is 2. The minimum absolute atomic E-state index is 0.0345. The Hall–Kier alpha value is -1.98. The summed E-state index contributed by atoms with van der Waals surface area (Å²) in [7, 11) is 0. The third-order valence-electron chi connectivity index (χ3n) is 2.47. The standard InChI is InChI=1S/C13H8Cl2FNO3/c14-9-3-6(16)4-10(15)12(9)17-13(20)8-2-1-7(18)5-11(8)19/h1-5,18-19H,(H,17,20). The van der Waals surface area contributed by atoms with Crippen LogP contribution in [-0.2, 0) is 0 Å². The molecular formula is C13H8Cl2FNO3. The number of benzene rings is 2. The summed E-state index contributed by atoms with van der Waals surface area (Å²) in [5, 5.41) is 21.0. The van der Waals surface area contributed by atoms with Gasteiger partial charge in [-0.1, -0.05) is 23.2 Å². The number of hydrogen-bond donors (Lipinski definition) is 3. The lowest BCUT2D eigenvalue weighted by Gasteiger charge is -2.10. The van der Waals surface area contributed by atoms with Gasteiger partial charge in [0.1, 0.15) is 17.3 Å². The first kappa shape index (κ1) is 14.4. The van der Waals surface area contributed by atoms with Crippen LogP contribution in [0.5, 0.6) is 11.5 Å². The number of aromatic hydroxyl groups is 2. The Morgan fingerprint density at radius 1 is 1.10 bits per heavy atom. The number of halogens is 3. The zero-order valence-corrected chi connectivity index (χ0v) is 11.3. The van der Waals surface area contributed by atoms with Gasteiger partial charge in [0, 0.05) is 6.07 Å². The Morgan fingerprint density at radius 2 is 1.70 bits per heavy atom. The lowest BCUT2D eigenvalue weighted by Crippen LogP contribution is -2.13. The van der Waals surface area contributed by atoms with Crippen molar-refractivity contribution in [2.45, 2.75) is 0 Å². The maximum Gasteiger partial charge on any atom is 0.259 e. The van der Waals surface area contributed by atoms with Crippen LogP contribution in [0.25, 0.3) is 0 Å². The fourth-order valence-electron chi connectivity index (χ4n) is 1.55. The van der Waals surface area contributed by atoms with Crippen molar-refractivity contribution in [1.82, 2.24) is 0 Å². The Labute approximate surface area is 123 Å². The van der Waals surface area contributed by atoms with E-state index < -0.39 is 17.5 Å². The van der Waals surface area contributed by atoms with Crippen molar-refractivity contribution in [2.24, 2.45) is 0 Å². The van der Waals surface area contributed by atoms with E-state index in [2.05, 4.69) is 5.32 Å². The summed E-state index contributed by atoms with van der Waals surface area (Å²) >= 11 is 11.6. The smallest absolute Gasteiger partial charge is 0.259 e. The molecule has 3 N–H and O–H groups in total. The third kappa shape index (κ3) is 2.95. The highest BCUT2D eigenvalue weighted by atomic mass is 35.5. The molecule has 0 saturated carbocycles. The van der Waals surface area contributed by atoms with Crippen molar-refractivity contribution >= 4 is 34.8 Å². The summed E-state index contributed by atoms with van der Waals surface area (Å²) < 4.78 is 13.0. The molecule has 20 heavy (non-hydrogen) atoms. The van der Waals surface area contributed by atoms with Crippen molar-refractivity contribution in [1.29, 1.82) is 0 Å². The van der Waals surface area contributed by atoms with E-state index in [-0.39, 0.29) is 27.0 Å². The van der Waals surface area contributed by atoms with Gasteiger partial charge in [-0.3, -0.25) is 4.79 Å². The molecule has 0 aliphatic rings. The van der Waals surface area contributed by atoms with Gasteiger partial charge >= 0.3 is 0 Å². The van der Waals surface area contributed by atoms with E-state index in [0.29, 0.717) is 0 Å². The molecule has 0 spiro atoms. The quantitative estimate of drug-likeness (QED) is 0.789. The van der Waals surface area contributed by atoms with E-state index in [1.807, 2.05) is 0 Å². The van der Waals surface area contributed by atoms with Crippen molar-refractivity contribution in [3.8, 4) is 11.5 Å². The molecule has 0 aliphatic heterocycles. The number of amides is 1. The van der Waals surface area contributed by atoms with Gasteiger partial charge in [0.2, 0.25) is 0 Å². The maximum absolute atomic E-state index is 13.0. The average molecular weight is 316 g/mol.